The molecule has 8 heteroatoms. The molecule has 0 saturated carbocycles. The molecule has 2 rings (SSSR count). The number of carboxylic acids is 1. The Bertz CT molecular complexity index is 586. The highest BCUT2D eigenvalue weighted by molar-refractivity contribution is 5.96. The maximum atomic E-state index is 11.7. The fourth-order valence-electron chi connectivity index (χ4n) is 2.04. The van der Waals surface area contributed by atoms with E-state index in [0.717, 1.165) is 6.07 Å². The number of piperazine rings is 1. The molecule has 0 aliphatic carbocycles. The first-order valence-corrected chi connectivity index (χ1v) is 5.91. The Labute approximate surface area is 114 Å². The number of non-ortho nitro benzene ring substituents is 1. The predicted molar refractivity (Wildman–Crippen MR) is 69.9 cm³/mol. The maximum Gasteiger partial charge on any atom is 0.337 e. The highest BCUT2D eigenvalue weighted by Crippen LogP contribution is 2.27. The summed E-state index contributed by atoms with van der Waals surface area (Å²) >= 11 is 0. The van der Waals surface area contributed by atoms with E-state index in [4.69, 9.17) is 5.11 Å². The third kappa shape index (κ3) is 2.53. The summed E-state index contributed by atoms with van der Waals surface area (Å²) in [6.45, 7) is 0.891. The molecule has 1 aromatic carbocycles. The fraction of sp³-hybridized carbons (Fsp3) is 0.333. The number of anilines is 1. The zero-order chi connectivity index (χ0) is 14.9. The fourth-order valence-corrected chi connectivity index (χ4v) is 2.04. The Morgan fingerprint density at radius 2 is 2.10 bits per heavy atom. The van der Waals surface area contributed by atoms with Crippen LogP contribution in [0.4, 0.5) is 11.4 Å². The first-order chi connectivity index (χ1) is 9.40. The summed E-state index contributed by atoms with van der Waals surface area (Å²) in [5.74, 6) is -1.33. The van der Waals surface area contributed by atoms with E-state index >= 15 is 0 Å². The summed E-state index contributed by atoms with van der Waals surface area (Å²) < 4.78 is 0. The smallest absolute Gasteiger partial charge is 0.337 e. The van der Waals surface area contributed by atoms with Crippen LogP contribution in [0.3, 0.4) is 0 Å². The topological polar surface area (TPSA) is 104 Å². The number of hydrogen-bond donors (Lipinski definition) is 1. The van der Waals surface area contributed by atoms with Gasteiger partial charge in [-0.2, -0.15) is 0 Å². The summed E-state index contributed by atoms with van der Waals surface area (Å²) in [6.07, 6.45) is 0. The lowest BCUT2D eigenvalue weighted by atomic mass is 10.1. The Morgan fingerprint density at radius 1 is 1.40 bits per heavy atom. The number of hydrogen-bond acceptors (Lipinski definition) is 5. The second kappa shape index (κ2) is 5.16. The molecule has 106 valence electrons. The number of nitro benzene ring substituents is 1. The van der Waals surface area contributed by atoms with E-state index < -0.39 is 10.9 Å². The van der Waals surface area contributed by atoms with E-state index in [1.54, 1.807) is 11.9 Å². The number of amides is 1. The molecule has 8 nitrogen and oxygen atoms in total. The van der Waals surface area contributed by atoms with E-state index in [1.165, 1.54) is 17.0 Å². The van der Waals surface area contributed by atoms with Crippen LogP contribution in [0.15, 0.2) is 18.2 Å². The highest BCUT2D eigenvalue weighted by atomic mass is 16.6. The number of rotatable bonds is 3. The molecule has 20 heavy (non-hydrogen) atoms. The van der Waals surface area contributed by atoms with Gasteiger partial charge in [0.25, 0.3) is 5.69 Å². The van der Waals surface area contributed by atoms with Crippen LogP contribution in [0.2, 0.25) is 0 Å². The summed E-state index contributed by atoms with van der Waals surface area (Å²) in [7, 11) is 1.66. The number of benzene rings is 1. The van der Waals surface area contributed by atoms with Gasteiger partial charge in [0.1, 0.15) is 0 Å². The zero-order valence-electron chi connectivity index (χ0n) is 10.8. The van der Waals surface area contributed by atoms with Crippen LogP contribution in [0.5, 0.6) is 0 Å². The van der Waals surface area contributed by atoms with Gasteiger partial charge in [-0.3, -0.25) is 14.9 Å². The Morgan fingerprint density at radius 3 is 2.65 bits per heavy atom. The normalized spacial score (nSPS) is 15.3. The highest BCUT2D eigenvalue weighted by Gasteiger charge is 2.26. The standard InChI is InChI=1S/C12H13N3O5/c1-13-4-5-14(7-11(13)16)10-6-8(15(19)20)2-3-9(10)12(17)18/h2-3,6H,4-5,7H2,1H3,(H,17,18). The molecule has 1 aromatic rings. The van der Waals surface area contributed by atoms with E-state index in [0.29, 0.717) is 13.1 Å². The number of carboxylic acid groups (broad SMARTS) is 1. The van der Waals surface area contributed by atoms with Gasteiger partial charge in [0, 0.05) is 32.3 Å². The van der Waals surface area contributed by atoms with Crippen molar-refractivity contribution in [1.82, 2.24) is 4.90 Å². The van der Waals surface area contributed by atoms with Gasteiger partial charge in [-0.1, -0.05) is 0 Å². The molecule has 1 fully saturated rings. The third-order valence-corrected chi connectivity index (χ3v) is 3.22. The maximum absolute atomic E-state index is 11.7. The summed E-state index contributed by atoms with van der Waals surface area (Å²) in [4.78, 5) is 36.2. The molecule has 1 N–H and O–H groups in total. The molecule has 1 aliphatic rings. The Kier molecular flexibility index (Phi) is 3.55. The lowest BCUT2D eigenvalue weighted by Gasteiger charge is -2.34. The van der Waals surface area contributed by atoms with Crippen molar-refractivity contribution >= 4 is 23.3 Å². The minimum atomic E-state index is -1.18. The molecular formula is C12H13N3O5. The molecule has 1 saturated heterocycles. The number of nitro groups is 1. The van der Waals surface area contributed by atoms with Gasteiger partial charge in [0.15, 0.2) is 0 Å². The van der Waals surface area contributed by atoms with Gasteiger partial charge in [-0.25, -0.2) is 4.79 Å². The van der Waals surface area contributed by atoms with Crippen molar-refractivity contribution in [2.45, 2.75) is 0 Å². The number of carbonyl (C=O) groups is 2. The summed E-state index contributed by atoms with van der Waals surface area (Å²) in [6, 6.07) is 3.53. The van der Waals surface area contributed by atoms with Gasteiger partial charge in [0.2, 0.25) is 5.91 Å². The van der Waals surface area contributed by atoms with Gasteiger partial charge in [-0.05, 0) is 6.07 Å². The van der Waals surface area contributed by atoms with E-state index in [1.807, 2.05) is 0 Å². The van der Waals surface area contributed by atoms with Crippen molar-refractivity contribution < 1.29 is 19.6 Å². The van der Waals surface area contributed by atoms with Crippen LogP contribution in [-0.2, 0) is 4.79 Å². The van der Waals surface area contributed by atoms with Gasteiger partial charge in [0.05, 0.1) is 22.7 Å². The average molecular weight is 279 g/mol. The van der Waals surface area contributed by atoms with Crippen molar-refractivity contribution in [2.75, 3.05) is 31.6 Å². The number of carbonyl (C=O) groups excluding carboxylic acids is 1. The lowest BCUT2D eigenvalue weighted by Crippen LogP contribution is -2.49. The van der Waals surface area contributed by atoms with E-state index in [-0.39, 0.29) is 29.4 Å². The molecule has 1 amide bonds. The Hall–Kier alpha value is -2.64. The number of nitrogens with zero attached hydrogens (tertiary/aromatic N) is 3. The summed E-state index contributed by atoms with van der Waals surface area (Å²) in [5.41, 5.74) is -0.0440. The molecule has 0 spiro atoms. The second-order valence-electron chi connectivity index (χ2n) is 4.50. The van der Waals surface area contributed by atoms with Crippen LogP contribution in [0.1, 0.15) is 10.4 Å². The molecule has 0 atom stereocenters. The average Bonchev–Trinajstić information content (AvgIpc) is 2.41. The molecule has 1 heterocycles. The van der Waals surface area contributed by atoms with Crippen molar-refractivity contribution in [1.29, 1.82) is 0 Å². The molecule has 0 bridgehead atoms. The van der Waals surface area contributed by atoms with Crippen LogP contribution in [-0.4, -0.2) is 53.5 Å². The van der Waals surface area contributed by atoms with Crippen molar-refractivity contribution in [2.24, 2.45) is 0 Å². The Balaban J connectivity index is 2.42. The van der Waals surface area contributed by atoms with Crippen molar-refractivity contribution in [3.8, 4) is 0 Å². The van der Waals surface area contributed by atoms with Gasteiger partial charge in [-0.15, -0.1) is 0 Å². The van der Waals surface area contributed by atoms with E-state index in [2.05, 4.69) is 0 Å². The molecule has 1 aliphatic heterocycles. The van der Waals surface area contributed by atoms with Gasteiger partial charge >= 0.3 is 5.97 Å². The minimum absolute atomic E-state index is 0.0119. The minimum Gasteiger partial charge on any atom is -0.478 e. The van der Waals surface area contributed by atoms with E-state index in [9.17, 15) is 19.7 Å². The third-order valence-electron chi connectivity index (χ3n) is 3.22. The monoisotopic (exact) mass is 279 g/mol. The van der Waals surface area contributed by atoms with Gasteiger partial charge < -0.3 is 14.9 Å². The van der Waals surface area contributed by atoms with Crippen LogP contribution < -0.4 is 4.90 Å². The number of aromatic carboxylic acids is 1. The van der Waals surface area contributed by atoms with Crippen LogP contribution in [0, 0.1) is 10.1 Å². The lowest BCUT2D eigenvalue weighted by molar-refractivity contribution is -0.384. The predicted octanol–water partition coefficient (Wildman–Crippen LogP) is 0.571. The summed E-state index contributed by atoms with van der Waals surface area (Å²) in [5, 5.41) is 19.9. The molecular weight excluding hydrogens is 266 g/mol. The van der Waals surface area contributed by atoms with Crippen molar-refractivity contribution in [3.63, 3.8) is 0 Å². The second-order valence-corrected chi connectivity index (χ2v) is 4.50. The molecule has 0 aromatic heterocycles. The van der Waals surface area contributed by atoms with Crippen LogP contribution >= 0.6 is 0 Å². The first kappa shape index (κ1) is 13.8. The van der Waals surface area contributed by atoms with Crippen LogP contribution in [0.25, 0.3) is 0 Å². The number of likely N-dealkylation sites (N-methyl/N-ethyl adjacent to an activating group) is 1. The zero-order valence-corrected chi connectivity index (χ0v) is 10.8. The first-order valence-electron chi connectivity index (χ1n) is 5.91. The van der Waals surface area contributed by atoms with Crippen molar-refractivity contribution in [3.05, 3.63) is 33.9 Å². The SMILES string of the molecule is CN1CCN(c2cc([N+](=O)[O-])ccc2C(=O)O)CC1=O. The quantitative estimate of drug-likeness (QED) is 0.640. The molecule has 0 unspecified atom stereocenters. The molecule has 0 radical (unpaired) electrons. The largest absolute Gasteiger partial charge is 0.478 e.